The van der Waals surface area contributed by atoms with Crippen LogP contribution in [0.2, 0.25) is 0 Å². The van der Waals surface area contributed by atoms with Crippen LogP contribution in [-0.4, -0.2) is 12.5 Å². The van der Waals surface area contributed by atoms with E-state index in [1.807, 2.05) is 13.0 Å². The Hall–Kier alpha value is -1.94. The molecule has 2 aromatic rings. The molecule has 0 aliphatic rings. The number of benzene rings is 2. The molecule has 0 spiro atoms. The molecule has 0 bridgehead atoms. The molecule has 3 N–H and O–H groups in total. The summed E-state index contributed by atoms with van der Waals surface area (Å²) in [6, 6.07) is 11.7. The minimum absolute atomic E-state index is 0.0692. The molecule has 0 saturated carbocycles. The van der Waals surface area contributed by atoms with E-state index in [0.29, 0.717) is 17.8 Å². The highest BCUT2D eigenvalue weighted by Crippen LogP contribution is 2.35. The average molecular weight is 300 g/mol. The molecule has 0 heterocycles. The first kappa shape index (κ1) is 15.4. The lowest BCUT2D eigenvalue weighted by atomic mass is 10.2. The van der Waals surface area contributed by atoms with Gasteiger partial charge in [0.05, 0.1) is 0 Å². The number of carbonyl (C=O) groups is 1. The third-order valence-electron chi connectivity index (χ3n) is 3.18. The summed E-state index contributed by atoms with van der Waals surface area (Å²) in [4.78, 5) is 14.0. The Morgan fingerprint density at radius 1 is 1.14 bits per heavy atom. The lowest BCUT2D eigenvalue weighted by Gasteiger charge is -2.11. The van der Waals surface area contributed by atoms with Gasteiger partial charge in [-0.1, -0.05) is 23.9 Å². The van der Waals surface area contributed by atoms with Crippen LogP contribution in [0.5, 0.6) is 0 Å². The van der Waals surface area contributed by atoms with Gasteiger partial charge in [-0.25, -0.2) is 0 Å². The normalized spacial score (nSPS) is 10.4. The molecule has 110 valence electrons. The zero-order chi connectivity index (χ0) is 15.4. The third-order valence-corrected chi connectivity index (χ3v) is 4.41. The zero-order valence-electron chi connectivity index (χ0n) is 12.6. The van der Waals surface area contributed by atoms with Crippen molar-refractivity contribution in [2.45, 2.75) is 30.6 Å². The Morgan fingerprint density at radius 3 is 2.62 bits per heavy atom. The largest absolute Gasteiger partial charge is 0.398 e. The standard InChI is InChI=1S/C17H20N2OS/c1-4-19-17(20)13-7-8-14(18)16(10-13)21-15-9-11(2)5-6-12(15)3/h5-10H,4,18H2,1-3H3,(H,19,20). The molecule has 0 saturated heterocycles. The Kier molecular flexibility index (Phi) is 4.91. The van der Waals surface area contributed by atoms with Gasteiger partial charge in [-0.2, -0.15) is 0 Å². The number of hydrogen-bond donors (Lipinski definition) is 2. The van der Waals surface area contributed by atoms with Crippen molar-refractivity contribution < 1.29 is 4.79 Å². The van der Waals surface area contributed by atoms with Crippen LogP contribution in [0, 0.1) is 13.8 Å². The van der Waals surface area contributed by atoms with Gasteiger partial charge in [0, 0.05) is 27.6 Å². The molecular weight excluding hydrogens is 280 g/mol. The number of nitrogen functional groups attached to an aromatic ring is 1. The van der Waals surface area contributed by atoms with Crippen molar-refractivity contribution in [2.75, 3.05) is 12.3 Å². The van der Waals surface area contributed by atoms with Crippen LogP contribution in [0.3, 0.4) is 0 Å². The van der Waals surface area contributed by atoms with E-state index in [9.17, 15) is 4.79 Å². The number of anilines is 1. The lowest BCUT2D eigenvalue weighted by Crippen LogP contribution is -2.22. The monoisotopic (exact) mass is 300 g/mol. The van der Waals surface area contributed by atoms with Crippen molar-refractivity contribution in [3.63, 3.8) is 0 Å². The van der Waals surface area contributed by atoms with Crippen LogP contribution >= 0.6 is 11.8 Å². The molecule has 0 aliphatic carbocycles. The number of amides is 1. The maximum atomic E-state index is 11.9. The van der Waals surface area contributed by atoms with Crippen molar-refractivity contribution in [1.82, 2.24) is 5.32 Å². The van der Waals surface area contributed by atoms with Gasteiger partial charge in [-0.15, -0.1) is 0 Å². The summed E-state index contributed by atoms with van der Waals surface area (Å²) in [6.45, 7) is 6.66. The molecule has 0 radical (unpaired) electrons. The number of nitrogens with one attached hydrogen (secondary N) is 1. The second-order valence-corrected chi connectivity index (χ2v) is 6.07. The molecule has 0 atom stereocenters. The minimum Gasteiger partial charge on any atom is -0.398 e. The molecular formula is C17H20N2OS. The van der Waals surface area contributed by atoms with E-state index < -0.39 is 0 Å². The summed E-state index contributed by atoms with van der Waals surface area (Å²) in [6.07, 6.45) is 0. The molecule has 1 amide bonds. The fourth-order valence-corrected chi connectivity index (χ4v) is 3.04. The van der Waals surface area contributed by atoms with Gasteiger partial charge in [0.25, 0.3) is 5.91 Å². The maximum absolute atomic E-state index is 11.9. The van der Waals surface area contributed by atoms with E-state index >= 15 is 0 Å². The summed E-state index contributed by atoms with van der Waals surface area (Å²) in [5, 5.41) is 2.80. The van der Waals surface area contributed by atoms with Gasteiger partial charge in [-0.3, -0.25) is 4.79 Å². The first-order valence-electron chi connectivity index (χ1n) is 6.94. The Bertz CT molecular complexity index is 668. The maximum Gasteiger partial charge on any atom is 0.251 e. The van der Waals surface area contributed by atoms with Gasteiger partial charge in [0.2, 0.25) is 0 Å². The van der Waals surface area contributed by atoms with Crippen molar-refractivity contribution >= 4 is 23.4 Å². The molecule has 0 aromatic heterocycles. The van der Waals surface area contributed by atoms with E-state index in [1.54, 1.807) is 23.9 Å². The van der Waals surface area contributed by atoms with Crippen LogP contribution in [0.4, 0.5) is 5.69 Å². The Morgan fingerprint density at radius 2 is 1.90 bits per heavy atom. The SMILES string of the molecule is CCNC(=O)c1ccc(N)c(Sc2cc(C)ccc2C)c1. The smallest absolute Gasteiger partial charge is 0.251 e. The topological polar surface area (TPSA) is 55.1 Å². The second-order valence-electron chi connectivity index (χ2n) is 4.98. The van der Waals surface area contributed by atoms with Gasteiger partial charge in [-0.05, 0) is 56.2 Å². The summed E-state index contributed by atoms with van der Waals surface area (Å²) in [7, 11) is 0. The van der Waals surface area contributed by atoms with E-state index in [1.165, 1.54) is 11.1 Å². The third kappa shape index (κ3) is 3.79. The van der Waals surface area contributed by atoms with Gasteiger partial charge >= 0.3 is 0 Å². The summed E-state index contributed by atoms with van der Waals surface area (Å²) in [5.74, 6) is -0.0692. The van der Waals surface area contributed by atoms with Crippen LogP contribution in [0.15, 0.2) is 46.2 Å². The minimum atomic E-state index is -0.0692. The number of hydrogen-bond acceptors (Lipinski definition) is 3. The van der Waals surface area contributed by atoms with Crippen molar-refractivity contribution in [3.05, 3.63) is 53.1 Å². The quantitative estimate of drug-likeness (QED) is 0.845. The fraction of sp³-hybridized carbons (Fsp3) is 0.235. The number of rotatable bonds is 4. The zero-order valence-corrected chi connectivity index (χ0v) is 13.4. The Labute approximate surface area is 129 Å². The molecule has 0 fully saturated rings. The number of nitrogens with two attached hydrogens (primary N) is 1. The van der Waals surface area contributed by atoms with Crippen molar-refractivity contribution in [1.29, 1.82) is 0 Å². The molecule has 3 nitrogen and oxygen atoms in total. The Balaban J connectivity index is 2.33. The molecule has 21 heavy (non-hydrogen) atoms. The number of carbonyl (C=O) groups excluding carboxylic acids is 1. The summed E-state index contributed by atoms with van der Waals surface area (Å²) < 4.78 is 0. The first-order chi connectivity index (χ1) is 10.0. The summed E-state index contributed by atoms with van der Waals surface area (Å²) >= 11 is 1.60. The van der Waals surface area contributed by atoms with Gasteiger partial charge in [0.1, 0.15) is 0 Å². The predicted octanol–water partition coefficient (Wildman–Crippen LogP) is 3.79. The van der Waals surface area contributed by atoms with Crippen LogP contribution < -0.4 is 11.1 Å². The van der Waals surface area contributed by atoms with Crippen LogP contribution in [-0.2, 0) is 0 Å². The first-order valence-corrected chi connectivity index (χ1v) is 7.75. The molecule has 0 aliphatic heterocycles. The highest BCUT2D eigenvalue weighted by molar-refractivity contribution is 7.99. The highest BCUT2D eigenvalue weighted by atomic mass is 32.2. The van der Waals surface area contributed by atoms with Crippen LogP contribution in [0.1, 0.15) is 28.4 Å². The average Bonchev–Trinajstić information content (AvgIpc) is 2.45. The van der Waals surface area contributed by atoms with Crippen LogP contribution in [0.25, 0.3) is 0 Å². The van der Waals surface area contributed by atoms with Crippen molar-refractivity contribution in [2.24, 2.45) is 0 Å². The van der Waals surface area contributed by atoms with Crippen molar-refractivity contribution in [3.8, 4) is 0 Å². The molecule has 2 rings (SSSR count). The van der Waals surface area contributed by atoms with Gasteiger partial charge in [0.15, 0.2) is 0 Å². The van der Waals surface area contributed by atoms with Gasteiger partial charge < -0.3 is 11.1 Å². The second kappa shape index (κ2) is 6.68. The van der Waals surface area contributed by atoms with E-state index in [-0.39, 0.29) is 5.91 Å². The van der Waals surface area contributed by atoms with E-state index in [0.717, 1.165) is 9.79 Å². The molecule has 0 unspecified atom stereocenters. The summed E-state index contributed by atoms with van der Waals surface area (Å²) in [5.41, 5.74) is 9.79. The lowest BCUT2D eigenvalue weighted by molar-refractivity contribution is 0.0955. The predicted molar refractivity (Wildman–Crippen MR) is 88.9 cm³/mol. The molecule has 4 heteroatoms. The van der Waals surface area contributed by atoms with E-state index in [2.05, 4.69) is 37.4 Å². The molecule has 2 aromatic carbocycles. The highest BCUT2D eigenvalue weighted by Gasteiger charge is 2.10. The number of aryl methyl sites for hydroxylation is 2. The fourth-order valence-electron chi connectivity index (χ4n) is 1.96. The van der Waals surface area contributed by atoms with E-state index in [4.69, 9.17) is 5.73 Å².